The van der Waals surface area contributed by atoms with E-state index in [0.717, 1.165) is 29.8 Å². The van der Waals surface area contributed by atoms with Gasteiger partial charge in [0.25, 0.3) is 5.89 Å². The molecule has 7 nitrogen and oxygen atoms in total. The van der Waals surface area contributed by atoms with Crippen LogP contribution in [0.2, 0.25) is 0 Å². The monoisotopic (exact) mass is 420 g/mol. The molecule has 162 valence electrons. The van der Waals surface area contributed by atoms with E-state index in [2.05, 4.69) is 22.4 Å². The molecule has 1 saturated heterocycles. The number of anilines is 1. The first-order valence-corrected chi connectivity index (χ1v) is 10.6. The van der Waals surface area contributed by atoms with E-state index in [-0.39, 0.29) is 18.6 Å². The number of amides is 2. The summed E-state index contributed by atoms with van der Waals surface area (Å²) >= 11 is 0. The maximum absolute atomic E-state index is 12.6. The Morgan fingerprint density at radius 3 is 2.55 bits per heavy atom. The quantitative estimate of drug-likeness (QED) is 0.629. The van der Waals surface area contributed by atoms with Gasteiger partial charge >= 0.3 is 6.03 Å². The molecule has 1 fully saturated rings. The van der Waals surface area contributed by atoms with Gasteiger partial charge in [0.05, 0.1) is 0 Å². The molecule has 0 atom stereocenters. The summed E-state index contributed by atoms with van der Waals surface area (Å²) < 4.78 is 11.1. The molecule has 3 aromatic rings. The Labute approximate surface area is 182 Å². The van der Waals surface area contributed by atoms with Gasteiger partial charge in [-0.05, 0) is 69.0 Å². The van der Waals surface area contributed by atoms with Crippen LogP contribution in [-0.4, -0.2) is 34.2 Å². The number of carbonyl (C=O) groups is 1. The third-order valence-electron chi connectivity index (χ3n) is 5.77. The Morgan fingerprint density at radius 1 is 1.10 bits per heavy atom. The Morgan fingerprint density at radius 2 is 1.84 bits per heavy atom. The van der Waals surface area contributed by atoms with E-state index in [0.29, 0.717) is 24.8 Å². The average molecular weight is 421 g/mol. The van der Waals surface area contributed by atoms with E-state index in [1.807, 2.05) is 61.2 Å². The smallest absolute Gasteiger partial charge is 0.321 e. The largest absolute Gasteiger partial charge is 0.484 e. The van der Waals surface area contributed by atoms with E-state index in [9.17, 15) is 4.79 Å². The highest BCUT2D eigenvalue weighted by atomic mass is 16.5. The second-order valence-corrected chi connectivity index (χ2v) is 8.14. The number of hydrogen-bond acceptors (Lipinski definition) is 5. The van der Waals surface area contributed by atoms with Crippen LogP contribution in [0.4, 0.5) is 10.5 Å². The number of aromatic nitrogens is 2. The molecule has 4 rings (SSSR count). The van der Waals surface area contributed by atoms with Gasteiger partial charge in [0.2, 0.25) is 0 Å². The van der Waals surface area contributed by atoms with Gasteiger partial charge in [-0.25, -0.2) is 4.79 Å². The SMILES string of the molecule is Cc1ccc(OCc2nc(C3CCN(C(=O)Nc4ccc(C)c(C)c4)CC3)no2)cc1. The summed E-state index contributed by atoms with van der Waals surface area (Å²) in [6.45, 7) is 7.70. The molecule has 1 aliphatic rings. The predicted octanol–water partition coefficient (Wildman–Crippen LogP) is 4.99. The molecule has 2 heterocycles. The van der Waals surface area contributed by atoms with Gasteiger partial charge in [0.1, 0.15) is 5.75 Å². The van der Waals surface area contributed by atoms with Crippen LogP contribution in [0.1, 0.15) is 47.2 Å². The topological polar surface area (TPSA) is 80.5 Å². The van der Waals surface area contributed by atoms with E-state index in [1.54, 1.807) is 0 Å². The number of nitrogens with one attached hydrogen (secondary N) is 1. The van der Waals surface area contributed by atoms with Crippen LogP contribution in [-0.2, 0) is 6.61 Å². The van der Waals surface area contributed by atoms with E-state index in [1.165, 1.54) is 11.1 Å². The van der Waals surface area contributed by atoms with Crippen molar-refractivity contribution < 1.29 is 14.1 Å². The minimum atomic E-state index is -0.0676. The van der Waals surface area contributed by atoms with Crippen molar-refractivity contribution in [1.82, 2.24) is 15.0 Å². The number of urea groups is 1. The average Bonchev–Trinajstić information content (AvgIpc) is 3.25. The summed E-state index contributed by atoms with van der Waals surface area (Å²) in [6, 6.07) is 13.7. The fraction of sp³-hybridized carbons (Fsp3) is 0.375. The number of benzene rings is 2. The lowest BCUT2D eigenvalue weighted by Crippen LogP contribution is -2.40. The third kappa shape index (κ3) is 5.23. The zero-order valence-corrected chi connectivity index (χ0v) is 18.2. The number of aryl methyl sites for hydroxylation is 3. The first kappa shape index (κ1) is 20.9. The van der Waals surface area contributed by atoms with Crippen molar-refractivity contribution in [3.05, 3.63) is 70.9 Å². The molecular formula is C24H28N4O3. The predicted molar refractivity (Wildman–Crippen MR) is 118 cm³/mol. The molecule has 31 heavy (non-hydrogen) atoms. The van der Waals surface area contributed by atoms with Crippen LogP contribution in [0.15, 0.2) is 47.0 Å². The minimum absolute atomic E-state index is 0.0676. The van der Waals surface area contributed by atoms with Crippen LogP contribution in [0.25, 0.3) is 0 Å². The summed E-state index contributed by atoms with van der Waals surface area (Å²) in [5, 5.41) is 7.13. The van der Waals surface area contributed by atoms with Gasteiger partial charge in [-0.15, -0.1) is 0 Å². The first-order valence-electron chi connectivity index (χ1n) is 10.6. The van der Waals surface area contributed by atoms with Crippen molar-refractivity contribution in [3.63, 3.8) is 0 Å². The van der Waals surface area contributed by atoms with Crippen LogP contribution < -0.4 is 10.1 Å². The van der Waals surface area contributed by atoms with Crippen molar-refractivity contribution >= 4 is 11.7 Å². The summed E-state index contributed by atoms with van der Waals surface area (Å²) in [5.41, 5.74) is 4.38. The van der Waals surface area contributed by atoms with E-state index < -0.39 is 0 Å². The number of nitrogens with zero attached hydrogens (tertiary/aromatic N) is 3. The van der Waals surface area contributed by atoms with Crippen molar-refractivity contribution in [2.45, 2.75) is 46.1 Å². The number of hydrogen-bond donors (Lipinski definition) is 1. The van der Waals surface area contributed by atoms with Crippen LogP contribution >= 0.6 is 0 Å². The van der Waals surface area contributed by atoms with Gasteiger partial charge in [-0.1, -0.05) is 28.9 Å². The van der Waals surface area contributed by atoms with Crippen molar-refractivity contribution in [2.75, 3.05) is 18.4 Å². The normalized spacial score (nSPS) is 14.5. The lowest BCUT2D eigenvalue weighted by atomic mass is 9.96. The molecule has 0 spiro atoms. The van der Waals surface area contributed by atoms with Crippen molar-refractivity contribution in [3.8, 4) is 5.75 Å². The number of piperidine rings is 1. The molecule has 0 aliphatic carbocycles. The molecule has 7 heteroatoms. The second kappa shape index (κ2) is 9.20. The fourth-order valence-corrected chi connectivity index (χ4v) is 3.63. The van der Waals surface area contributed by atoms with Gasteiger partial charge in [-0.2, -0.15) is 4.98 Å². The molecule has 1 aromatic heterocycles. The summed E-state index contributed by atoms with van der Waals surface area (Å²) in [5.74, 6) is 2.11. The van der Waals surface area contributed by atoms with Crippen LogP contribution in [0.5, 0.6) is 5.75 Å². The highest BCUT2D eigenvalue weighted by Crippen LogP contribution is 2.27. The van der Waals surface area contributed by atoms with Crippen molar-refractivity contribution in [1.29, 1.82) is 0 Å². The van der Waals surface area contributed by atoms with Gasteiger partial charge in [-0.3, -0.25) is 0 Å². The number of carbonyl (C=O) groups excluding carboxylic acids is 1. The molecule has 0 unspecified atom stereocenters. The highest BCUT2D eigenvalue weighted by Gasteiger charge is 2.27. The maximum Gasteiger partial charge on any atom is 0.321 e. The molecule has 0 bridgehead atoms. The molecule has 2 amide bonds. The van der Waals surface area contributed by atoms with Gasteiger partial charge in [0, 0.05) is 24.7 Å². The van der Waals surface area contributed by atoms with Gasteiger partial charge < -0.3 is 19.5 Å². The Kier molecular flexibility index (Phi) is 6.21. The van der Waals surface area contributed by atoms with E-state index >= 15 is 0 Å². The van der Waals surface area contributed by atoms with Crippen LogP contribution in [0.3, 0.4) is 0 Å². The maximum atomic E-state index is 12.6. The number of likely N-dealkylation sites (tertiary alicyclic amines) is 1. The highest BCUT2D eigenvalue weighted by molar-refractivity contribution is 5.89. The minimum Gasteiger partial charge on any atom is -0.484 e. The van der Waals surface area contributed by atoms with Gasteiger partial charge in [0.15, 0.2) is 12.4 Å². The van der Waals surface area contributed by atoms with Crippen molar-refractivity contribution in [2.24, 2.45) is 0 Å². The molecule has 2 aromatic carbocycles. The standard InChI is InChI=1S/C24H28N4O3/c1-16-4-8-21(9-5-16)30-15-22-26-23(27-31-22)19-10-12-28(13-11-19)24(29)25-20-7-6-17(2)18(3)14-20/h4-9,14,19H,10-13,15H2,1-3H3,(H,25,29). The summed E-state index contributed by atoms with van der Waals surface area (Å²) in [6.07, 6.45) is 1.61. The summed E-state index contributed by atoms with van der Waals surface area (Å²) in [7, 11) is 0. The third-order valence-corrected chi connectivity index (χ3v) is 5.77. The Bertz CT molecular complexity index is 1040. The molecule has 0 saturated carbocycles. The summed E-state index contributed by atoms with van der Waals surface area (Å²) in [4.78, 5) is 18.9. The molecule has 0 radical (unpaired) electrons. The van der Waals surface area contributed by atoms with E-state index in [4.69, 9.17) is 9.26 Å². The Hall–Kier alpha value is -3.35. The second-order valence-electron chi connectivity index (χ2n) is 8.14. The lowest BCUT2D eigenvalue weighted by Gasteiger charge is -2.30. The lowest BCUT2D eigenvalue weighted by molar-refractivity contribution is 0.193. The Balaban J connectivity index is 1.27. The first-order chi connectivity index (χ1) is 15.0. The zero-order chi connectivity index (χ0) is 21.8. The molecule has 1 aliphatic heterocycles. The fourth-order valence-electron chi connectivity index (χ4n) is 3.63. The molecular weight excluding hydrogens is 392 g/mol. The van der Waals surface area contributed by atoms with Crippen LogP contribution in [0, 0.1) is 20.8 Å². The molecule has 1 N–H and O–H groups in total. The zero-order valence-electron chi connectivity index (χ0n) is 18.2. The number of rotatable bonds is 5. The number of ether oxygens (including phenoxy) is 1.